The van der Waals surface area contributed by atoms with Crippen LogP contribution >= 0.6 is 0 Å². The maximum Gasteiger partial charge on any atom is 0.274 e. The lowest BCUT2D eigenvalue weighted by molar-refractivity contribution is 0.0946. The number of rotatable bonds is 4. The van der Waals surface area contributed by atoms with Gasteiger partial charge in [-0.1, -0.05) is 0 Å². The van der Waals surface area contributed by atoms with Crippen LogP contribution in [-0.4, -0.2) is 30.2 Å². The number of carbonyl (C=O) groups excluding carboxylic acids is 1. The van der Waals surface area contributed by atoms with Gasteiger partial charge in [0, 0.05) is 12.4 Å². The maximum absolute atomic E-state index is 12.5. The number of carbonyl (C=O) groups is 1. The van der Waals surface area contributed by atoms with Crippen molar-refractivity contribution in [3.05, 3.63) is 59.6 Å². The molecule has 9 heteroatoms. The zero-order valence-electron chi connectivity index (χ0n) is 14.8. The maximum atomic E-state index is 12.5. The second kappa shape index (κ2) is 6.52. The van der Waals surface area contributed by atoms with Gasteiger partial charge in [-0.25, -0.2) is 19.9 Å². The largest absolute Gasteiger partial charge is 0.443 e. The molecule has 0 unspecified atom stereocenters. The minimum absolute atomic E-state index is 0.0110. The van der Waals surface area contributed by atoms with Gasteiger partial charge < -0.3 is 19.9 Å². The van der Waals surface area contributed by atoms with Gasteiger partial charge in [0.1, 0.15) is 17.6 Å². The van der Waals surface area contributed by atoms with Crippen molar-refractivity contribution in [1.82, 2.24) is 29.7 Å². The third-order valence-corrected chi connectivity index (χ3v) is 4.04. The number of nitrogens with zero attached hydrogens (tertiary/aromatic N) is 5. The van der Waals surface area contributed by atoms with Crippen LogP contribution in [0.2, 0.25) is 0 Å². The molecule has 136 valence electrons. The lowest BCUT2D eigenvalue weighted by Crippen LogP contribution is -2.26. The average Bonchev–Trinajstić information content (AvgIpc) is 3.30. The van der Waals surface area contributed by atoms with Gasteiger partial charge in [0.2, 0.25) is 5.89 Å². The van der Waals surface area contributed by atoms with Crippen LogP contribution in [0.1, 0.15) is 27.4 Å². The van der Waals surface area contributed by atoms with Crippen molar-refractivity contribution >= 4 is 17.4 Å². The van der Waals surface area contributed by atoms with Crippen LogP contribution < -0.4 is 11.1 Å². The number of nitrogens with two attached hydrogens (primary N) is 1. The molecule has 9 nitrogen and oxygen atoms in total. The summed E-state index contributed by atoms with van der Waals surface area (Å²) in [6.07, 6.45) is 6.73. The summed E-state index contributed by atoms with van der Waals surface area (Å²) in [6, 6.07) is 3.96. The van der Waals surface area contributed by atoms with Gasteiger partial charge in [-0.05, 0) is 31.5 Å². The molecule has 0 aliphatic rings. The SMILES string of the molecule is Cc1ccn2cc(CNC(=O)c3nc(C)c(-c4ncco4)nc3N)nc2c1. The Kier molecular flexibility index (Phi) is 4.03. The summed E-state index contributed by atoms with van der Waals surface area (Å²) in [5, 5.41) is 2.78. The Balaban J connectivity index is 1.53. The molecule has 1 amide bonds. The fourth-order valence-corrected chi connectivity index (χ4v) is 2.72. The number of amides is 1. The third kappa shape index (κ3) is 3.22. The molecule has 4 aromatic heterocycles. The molecule has 4 heterocycles. The molecular weight excluding hydrogens is 346 g/mol. The minimum Gasteiger partial charge on any atom is -0.443 e. The van der Waals surface area contributed by atoms with Gasteiger partial charge >= 0.3 is 0 Å². The lowest BCUT2D eigenvalue weighted by atomic mass is 10.2. The van der Waals surface area contributed by atoms with Gasteiger partial charge in [-0.15, -0.1) is 0 Å². The topological polar surface area (TPSA) is 124 Å². The zero-order valence-corrected chi connectivity index (χ0v) is 14.8. The monoisotopic (exact) mass is 363 g/mol. The van der Waals surface area contributed by atoms with E-state index in [2.05, 4.69) is 25.3 Å². The molecule has 0 saturated carbocycles. The van der Waals surface area contributed by atoms with E-state index < -0.39 is 5.91 Å². The van der Waals surface area contributed by atoms with E-state index in [1.54, 1.807) is 6.92 Å². The summed E-state index contributed by atoms with van der Waals surface area (Å²) in [4.78, 5) is 29.5. The second-order valence-corrected chi connectivity index (χ2v) is 6.11. The van der Waals surface area contributed by atoms with Crippen molar-refractivity contribution in [1.29, 1.82) is 0 Å². The Bertz CT molecular complexity index is 1130. The molecule has 0 fully saturated rings. The molecule has 4 rings (SSSR count). The number of anilines is 1. The molecule has 0 saturated heterocycles. The van der Waals surface area contributed by atoms with E-state index in [4.69, 9.17) is 10.2 Å². The quantitative estimate of drug-likeness (QED) is 0.567. The molecule has 0 aliphatic carbocycles. The van der Waals surface area contributed by atoms with E-state index in [9.17, 15) is 4.79 Å². The molecular formula is C18H17N7O2. The number of hydrogen-bond donors (Lipinski definition) is 2. The Hall–Kier alpha value is -3.75. The number of hydrogen-bond acceptors (Lipinski definition) is 7. The number of aromatic nitrogens is 5. The molecule has 3 N–H and O–H groups in total. The predicted octanol–water partition coefficient (Wildman–Crippen LogP) is 1.91. The smallest absolute Gasteiger partial charge is 0.274 e. The van der Waals surface area contributed by atoms with Crippen molar-refractivity contribution in [2.24, 2.45) is 0 Å². The van der Waals surface area contributed by atoms with Crippen LogP contribution in [0, 0.1) is 13.8 Å². The van der Waals surface area contributed by atoms with Crippen LogP contribution in [0.4, 0.5) is 5.82 Å². The first-order chi connectivity index (χ1) is 13.0. The summed E-state index contributed by atoms with van der Waals surface area (Å²) in [5.41, 5.74) is 9.56. The number of imidazole rings is 1. The standard InChI is InChI=1S/C18H17N7O2/c1-10-3-5-25-9-12(23-13(25)7-10)8-21-17(26)15-16(19)24-14(11(2)22-15)18-20-4-6-27-18/h3-7,9H,8H2,1-2H3,(H2,19,24)(H,21,26). The number of nitrogens with one attached hydrogen (secondary N) is 1. The van der Waals surface area contributed by atoms with E-state index in [1.807, 2.05) is 35.9 Å². The molecule has 27 heavy (non-hydrogen) atoms. The van der Waals surface area contributed by atoms with Crippen molar-refractivity contribution in [2.75, 3.05) is 5.73 Å². The van der Waals surface area contributed by atoms with Gasteiger partial charge in [-0.3, -0.25) is 4.79 Å². The highest BCUT2D eigenvalue weighted by Crippen LogP contribution is 2.20. The van der Waals surface area contributed by atoms with Crippen molar-refractivity contribution in [2.45, 2.75) is 20.4 Å². The number of fused-ring (bicyclic) bond motifs is 1. The van der Waals surface area contributed by atoms with Crippen LogP contribution in [-0.2, 0) is 6.54 Å². The number of aryl methyl sites for hydroxylation is 2. The molecule has 0 spiro atoms. The molecule has 0 atom stereocenters. The van der Waals surface area contributed by atoms with E-state index in [1.165, 1.54) is 12.5 Å². The van der Waals surface area contributed by atoms with Gasteiger partial charge in [0.15, 0.2) is 11.5 Å². The Morgan fingerprint density at radius 2 is 2.15 bits per heavy atom. The third-order valence-electron chi connectivity index (χ3n) is 4.04. The Morgan fingerprint density at radius 1 is 1.30 bits per heavy atom. The summed E-state index contributed by atoms with van der Waals surface area (Å²) in [6.45, 7) is 3.97. The van der Waals surface area contributed by atoms with Crippen molar-refractivity contribution in [3.63, 3.8) is 0 Å². The normalized spacial score (nSPS) is 11.0. The summed E-state index contributed by atoms with van der Waals surface area (Å²) < 4.78 is 7.12. The first-order valence-electron chi connectivity index (χ1n) is 8.27. The van der Waals surface area contributed by atoms with Crippen LogP contribution in [0.5, 0.6) is 0 Å². The molecule has 4 aromatic rings. The summed E-state index contributed by atoms with van der Waals surface area (Å²) in [5.74, 6) is -0.106. The van der Waals surface area contributed by atoms with Gasteiger partial charge in [-0.2, -0.15) is 0 Å². The number of nitrogen functional groups attached to an aromatic ring is 1. The Labute approximate surface area is 154 Å². The summed E-state index contributed by atoms with van der Waals surface area (Å²) in [7, 11) is 0. The molecule has 0 aromatic carbocycles. The van der Waals surface area contributed by atoms with Crippen molar-refractivity contribution < 1.29 is 9.21 Å². The van der Waals surface area contributed by atoms with Crippen LogP contribution in [0.3, 0.4) is 0 Å². The first-order valence-corrected chi connectivity index (χ1v) is 8.27. The highest BCUT2D eigenvalue weighted by molar-refractivity contribution is 5.96. The minimum atomic E-state index is -0.421. The lowest BCUT2D eigenvalue weighted by Gasteiger charge is -2.08. The number of pyridine rings is 1. The second-order valence-electron chi connectivity index (χ2n) is 6.11. The van der Waals surface area contributed by atoms with Crippen LogP contribution in [0.15, 0.2) is 41.4 Å². The molecule has 0 bridgehead atoms. The van der Waals surface area contributed by atoms with Gasteiger partial charge in [0.25, 0.3) is 5.91 Å². The van der Waals surface area contributed by atoms with E-state index in [-0.39, 0.29) is 18.1 Å². The predicted molar refractivity (Wildman–Crippen MR) is 97.8 cm³/mol. The first kappa shape index (κ1) is 16.7. The van der Waals surface area contributed by atoms with Gasteiger partial charge in [0.05, 0.1) is 24.1 Å². The average molecular weight is 363 g/mol. The highest BCUT2D eigenvalue weighted by Gasteiger charge is 2.18. The molecule has 0 aliphatic heterocycles. The van der Waals surface area contributed by atoms with Crippen molar-refractivity contribution in [3.8, 4) is 11.6 Å². The number of oxazole rings is 1. The highest BCUT2D eigenvalue weighted by atomic mass is 16.3. The van der Waals surface area contributed by atoms with E-state index >= 15 is 0 Å². The fourth-order valence-electron chi connectivity index (χ4n) is 2.72. The molecule has 0 radical (unpaired) electrons. The van der Waals surface area contributed by atoms with E-state index in [0.29, 0.717) is 17.3 Å². The zero-order chi connectivity index (χ0) is 19.0. The van der Waals surface area contributed by atoms with E-state index in [0.717, 1.165) is 16.9 Å². The summed E-state index contributed by atoms with van der Waals surface area (Å²) >= 11 is 0. The Morgan fingerprint density at radius 3 is 2.93 bits per heavy atom. The fraction of sp³-hybridized carbons (Fsp3) is 0.167. The van der Waals surface area contributed by atoms with Crippen LogP contribution in [0.25, 0.3) is 17.2 Å².